The molecule has 0 bridgehead atoms. The van der Waals surface area contributed by atoms with Crippen LogP contribution >= 0.6 is 0 Å². The number of unbranched alkanes of at least 4 members (excludes halogenated alkanes) is 1. The van der Waals surface area contributed by atoms with Gasteiger partial charge in [0.05, 0.1) is 12.2 Å². The number of phenols is 1. The lowest BCUT2D eigenvalue weighted by molar-refractivity contribution is 0.0977. The minimum Gasteiger partial charge on any atom is -0.504 e. The van der Waals surface area contributed by atoms with Crippen molar-refractivity contribution < 1.29 is 19.0 Å². The van der Waals surface area contributed by atoms with Crippen molar-refractivity contribution in [2.75, 3.05) is 6.61 Å². The standard InChI is InChI=1S/C14H17FO3/c1-3-5-6-7-11(16)10-8-9-12(18-4-2)13(15)14(10)17/h3,8-9,17H,1,4-7H2,2H3. The third-order valence-electron chi connectivity index (χ3n) is 2.49. The molecule has 0 heterocycles. The van der Waals surface area contributed by atoms with E-state index in [2.05, 4.69) is 6.58 Å². The fourth-order valence-corrected chi connectivity index (χ4v) is 1.58. The first kappa shape index (κ1) is 14.2. The van der Waals surface area contributed by atoms with Crippen molar-refractivity contribution in [2.45, 2.75) is 26.2 Å². The lowest BCUT2D eigenvalue weighted by atomic mass is 10.0. The van der Waals surface area contributed by atoms with Gasteiger partial charge in [0.1, 0.15) is 0 Å². The third-order valence-corrected chi connectivity index (χ3v) is 2.49. The summed E-state index contributed by atoms with van der Waals surface area (Å²) in [4.78, 5) is 11.8. The summed E-state index contributed by atoms with van der Waals surface area (Å²) in [5.74, 6) is -1.84. The number of carbonyl (C=O) groups excluding carboxylic acids is 1. The predicted molar refractivity (Wildman–Crippen MR) is 67.6 cm³/mol. The summed E-state index contributed by atoms with van der Waals surface area (Å²) < 4.78 is 18.6. The number of ketones is 1. The molecule has 0 saturated heterocycles. The Morgan fingerprint density at radius 3 is 2.89 bits per heavy atom. The summed E-state index contributed by atoms with van der Waals surface area (Å²) in [6, 6.07) is 2.75. The number of Topliss-reactive ketones (excluding diaryl/α,β-unsaturated/α-hetero) is 1. The molecule has 0 spiro atoms. The first-order valence-corrected chi connectivity index (χ1v) is 5.90. The van der Waals surface area contributed by atoms with Crippen molar-refractivity contribution in [1.29, 1.82) is 0 Å². The molecule has 1 aromatic rings. The Morgan fingerprint density at radius 2 is 2.28 bits per heavy atom. The number of hydrogen-bond donors (Lipinski definition) is 1. The first-order valence-electron chi connectivity index (χ1n) is 5.90. The van der Waals surface area contributed by atoms with Crippen LogP contribution in [0.2, 0.25) is 0 Å². The molecule has 1 N–H and O–H groups in total. The fourth-order valence-electron chi connectivity index (χ4n) is 1.58. The van der Waals surface area contributed by atoms with Crippen molar-refractivity contribution in [3.05, 3.63) is 36.2 Å². The molecule has 1 aromatic carbocycles. The molecule has 18 heavy (non-hydrogen) atoms. The molecule has 0 aliphatic heterocycles. The van der Waals surface area contributed by atoms with E-state index in [0.29, 0.717) is 19.4 Å². The highest BCUT2D eigenvalue weighted by molar-refractivity contribution is 5.98. The zero-order chi connectivity index (χ0) is 13.5. The molecular formula is C14H17FO3. The highest BCUT2D eigenvalue weighted by Crippen LogP contribution is 2.30. The summed E-state index contributed by atoms with van der Waals surface area (Å²) >= 11 is 0. The van der Waals surface area contributed by atoms with Crippen LogP contribution in [0.3, 0.4) is 0 Å². The highest BCUT2D eigenvalue weighted by Gasteiger charge is 2.18. The van der Waals surface area contributed by atoms with Crippen LogP contribution in [0.1, 0.15) is 36.5 Å². The molecule has 0 unspecified atom stereocenters. The Hall–Kier alpha value is -1.84. The van der Waals surface area contributed by atoms with Crippen molar-refractivity contribution in [2.24, 2.45) is 0 Å². The molecule has 98 valence electrons. The van der Waals surface area contributed by atoms with E-state index in [-0.39, 0.29) is 23.5 Å². The Labute approximate surface area is 106 Å². The Morgan fingerprint density at radius 1 is 1.56 bits per heavy atom. The van der Waals surface area contributed by atoms with E-state index in [9.17, 15) is 14.3 Å². The number of carbonyl (C=O) groups is 1. The largest absolute Gasteiger partial charge is 0.504 e. The molecule has 1 rings (SSSR count). The van der Waals surface area contributed by atoms with Gasteiger partial charge in [-0.1, -0.05) is 6.08 Å². The average Bonchev–Trinajstić information content (AvgIpc) is 2.35. The van der Waals surface area contributed by atoms with E-state index < -0.39 is 11.6 Å². The van der Waals surface area contributed by atoms with Gasteiger partial charge in [0, 0.05) is 6.42 Å². The van der Waals surface area contributed by atoms with Gasteiger partial charge >= 0.3 is 0 Å². The monoisotopic (exact) mass is 252 g/mol. The summed E-state index contributed by atoms with van der Waals surface area (Å²) in [5.41, 5.74) is 0.0000142. The molecule has 0 amide bonds. The summed E-state index contributed by atoms with van der Waals surface area (Å²) in [7, 11) is 0. The maximum Gasteiger partial charge on any atom is 0.207 e. The Bertz CT molecular complexity index is 441. The maximum atomic E-state index is 13.7. The second-order valence-corrected chi connectivity index (χ2v) is 3.81. The van der Waals surface area contributed by atoms with E-state index in [4.69, 9.17) is 4.74 Å². The maximum absolute atomic E-state index is 13.7. The van der Waals surface area contributed by atoms with Gasteiger partial charge in [0.15, 0.2) is 17.3 Å². The van der Waals surface area contributed by atoms with Gasteiger partial charge in [-0.05, 0) is 31.9 Å². The van der Waals surface area contributed by atoms with Crippen molar-refractivity contribution in [3.8, 4) is 11.5 Å². The lowest BCUT2D eigenvalue weighted by Gasteiger charge is -2.09. The van der Waals surface area contributed by atoms with Gasteiger partial charge in [0.2, 0.25) is 5.82 Å². The second-order valence-electron chi connectivity index (χ2n) is 3.81. The SMILES string of the molecule is C=CCCCC(=O)c1ccc(OCC)c(F)c1O. The minimum absolute atomic E-state index is 0.0000142. The lowest BCUT2D eigenvalue weighted by Crippen LogP contribution is -2.02. The van der Waals surface area contributed by atoms with Crippen LogP contribution in [-0.2, 0) is 0 Å². The average molecular weight is 252 g/mol. The van der Waals surface area contributed by atoms with E-state index >= 15 is 0 Å². The van der Waals surface area contributed by atoms with E-state index in [1.165, 1.54) is 12.1 Å². The van der Waals surface area contributed by atoms with Crippen LogP contribution in [0.25, 0.3) is 0 Å². The van der Waals surface area contributed by atoms with Gasteiger partial charge in [-0.15, -0.1) is 6.58 Å². The quantitative estimate of drug-likeness (QED) is 0.459. The topological polar surface area (TPSA) is 46.5 Å². The molecular weight excluding hydrogens is 235 g/mol. The molecule has 4 heteroatoms. The molecule has 0 aromatic heterocycles. The van der Waals surface area contributed by atoms with E-state index in [1.54, 1.807) is 13.0 Å². The zero-order valence-electron chi connectivity index (χ0n) is 10.4. The van der Waals surface area contributed by atoms with E-state index in [0.717, 1.165) is 0 Å². The third kappa shape index (κ3) is 3.32. The number of hydrogen-bond acceptors (Lipinski definition) is 3. The summed E-state index contributed by atoms with van der Waals surface area (Å²) in [6.07, 6.45) is 3.32. The van der Waals surface area contributed by atoms with Crippen LogP contribution in [-0.4, -0.2) is 17.5 Å². The van der Waals surface area contributed by atoms with Crippen LogP contribution in [0.5, 0.6) is 11.5 Å². The first-order chi connectivity index (χ1) is 8.61. The van der Waals surface area contributed by atoms with Gasteiger partial charge in [-0.3, -0.25) is 4.79 Å². The molecule has 0 aliphatic rings. The van der Waals surface area contributed by atoms with Gasteiger partial charge in [-0.2, -0.15) is 4.39 Å². The Kier molecular flexibility index (Phi) is 5.36. The zero-order valence-corrected chi connectivity index (χ0v) is 10.4. The number of halogens is 1. The molecule has 0 fully saturated rings. The van der Waals surface area contributed by atoms with Crippen LogP contribution in [0.4, 0.5) is 4.39 Å². The number of benzene rings is 1. The second kappa shape index (κ2) is 6.79. The van der Waals surface area contributed by atoms with Crippen molar-refractivity contribution >= 4 is 5.78 Å². The van der Waals surface area contributed by atoms with Crippen LogP contribution in [0, 0.1) is 5.82 Å². The smallest absolute Gasteiger partial charge is 0.207 e. The summed E-state index contributed by atoms with van der Waals surface area (Å²) in [6.45, 7) is 5.56. The normalized spacial score (nSPS) is 10.1. The number of ether oxygens (including phenoxy) is 1. The highest BCUT2D eigenvalue weighted by atomic mass is 19.1. The molecule has 0 saturated carbocycles. The number of aromatic hydroxyl groups is 1. The van der Waals surface area contributed by atoms with Crippen molar-refractivity contribution in [3.63, 3.8) is 0 Å². The minimum atomic E-state index is -0.883. The summed E-state index contributed by atoms with van der Waals surface area (Å²) in [5, 5.41) is 9.64. The van der Waals surface area contributed by atoms with Gasteiger partial charge in [-0.25, -0.2) is 0 Å². The number of rotatable bonds is 7. The van der Waals surface area contributed by atoms with Gasteiger partial charge in [0.25, 0.3) is 0 Å². The predicted octanol–water partition coefficient (Wildman–Crippen LogP) is 3.47. The molecule has 3 nitrogen and oxygen atoms in total. The number of allylic oxidation sites excluding steroid dienone is 1. The van der Waals surface area contributed by atoms with E-state index in [1.807, 2.05) is 0 Å². The molecule has 0 atom stereocenters. The van der Waals surface area contributed by atoms with Crippen LogP contribution < -0.4 is 4.74 Å². The van der Waals surface area contributed by atoms with Crippen LogP contribution in [0.15, 0.2) is 24.8 Å². The molecule has 0 radical (unpaired) electrons. The van der Waals surface area contributed by atoms with Crippen molar-refractivity contribution in [1.82, 2.24) is 0 Å². The Balaban J connectivity index is 2.87. The molecule has 0 aliphatic carbocycles. The fraction of sp³-hybridized carbons (Fsp3) is 0.357. The van der Waals surface area contributed by atoms with Gasteiger partial charge < -0.3 is 9.84 Å². The number of phenolic OH excluding ortho intramolecular Hbond substituents is 1.